The first-order valence-electron chi connectivity index (χ1n) is 4.33. The van der Waals surface area contributed by atoms with Crippen LogP contribution in [0.5, 0.6) is 0 Å². The van der Waals surface area contributed by atoms with Gasteiger partial charge in [0.05, 0.1) is 6.61 Å². The third-order valence-electron chi connectivity index (χ3n) is 1.41. The SMILES string of the molecule is NC(=O)COCCNC(=O)c1nnc(N)s1. The van der Waals surface area contributed by atoms with E-state index in [4.69, 9.17) is 16.2 Å². The molecule has 1 rings (SSSR count). The number of aromatic nitrogens is 2. The number of hydrogen-bond donors (Lipinski definition) is 3. The van der Waals surface area contributed by atoms with Crippen LogP contribution in [0, 0.1) is 0 Å². The van der Waals surface area contributed by atoms with Gasteiger partial charge in [-0.1, -0.05) is 11.3 Å². The van der Waals surface area contributed by atoms with Gasteiger partial charge in [-0.15, -0.1) is 10.2 Å². The van der Waals surface area contributed by atoms with Crippen molar-refractivity contribution in [2.45, 2.75) is 0 Å². The summed E-state index contributed by atoms with van der Waals surface area (Å²) in [7, 11) is 0. The van der Waals surface area contributed by atoms with Gasteiger partial charge < -0.3 is 21.5 Å². The molecule has 0 aliphatic rings. The molecule has 1 aromatic rings. The molecule has 0 atom stereocenters. The lowest BCUT2D eigenvalue weighted by atomic mass is 10.6. The van der Waals surface area contributed by atoms with Crippen molar-refractivity contribution in [2.75, 3.05) is 25.5 Å². The number of hydrogen-bond acceptors (Lipinski definition) is 7. The minimum absolute atomic E-state index is 0.165. The van der Waals surface area contributed by atoms with Crippen LogP contribution in [0.2, 0.25) is 0 Å². The van der Waals surface area contributed by atoms with E-state index < -0.39 is 5.91 Å². The van der Waals surface area contributed by atoms with Crippen molar-refractivity contribution >= 4 is 28.3 Å². The van der Waals surface area contributed by atoms with Crippen molar-refractivity contribution in [3.8, 4) is 0 Å². The van der Waals surface area contributed by atoms with E-state index >= 15 is 0 Å². The van der Waals surface area contributed by atoms with Crippen molar-refractivity contribution in [3.63, 3.8) is 0 Å². The lowest BCUT2D eigenvalue weighted by Gasteiger charge is -2.02. The zero-order chi connectivity index (χ0) is 12.0. The second-order valence-electron chi connectivity index (χ2n) is 2.72. The molecule has 16 heavy (non-hydrogen) atoms. The minimum atomic E-state index is -0.553. The van der Waals surface area contributed by atoms with Gasteiger partial charge in [-0.05, 0) is 0 Å². The molecule has 0 bridgehead atoms. The number of nitrogens with two attached hydrogens (primary N) is 2. The summed E-state index contributed by atoms with van der Waals surface area (Å²) in [5, 5.41) is 10.00. The van der Waals surface area contributed by atoms with Gasteiger partial charge in [0.15, 0.2) is 0 Å². The zero-order valence-electron chi connectivity index (χ0n) is 8.30. The molecule has 0 aromatic carbocycles. The highest BCUT2D eigenvalue weighted by Crippen LogP contribution is 2.09. The van der Waals surface area contributed by atoms with Gasteiger partial charge in [0, 0.05) is 6.54 Å². The average Bonchev–Trinajstić information content (AvgIpc) is 2.63. The molecule has 0 saturated heterocycles. The fraction of sp³-hybridized carbons (Fsp3) is 0.429. The maximum atomic E-state index is 11.3. The Morgan fingerprint density at radius 1 is 1.44 bits per heavy atom. The third-order valence-corrected chi connectivity index (χ3v) is 2.16. The molecule has 0 unspecified atom stereocenters. The van der Waals surface area contributed by atoms with E-state index in [1.807, 2.05) is 0 Å². The van der Waals surface area contributed by atoms with Crippen LogP contribution in [0.25, 0.3) is 0 Å². The van der Waals surface area contributed by atoms with Crippen molar-refractivity contribution in [1.29, 1.82) is 0 Å². The predicted octanol–water partition coefficient (Wildman–Crippen LogP) is -1.65. The topological polar surface area (TPSA) is 133 Å². The number of rotatable bonds is 6. The summed E-state index contributed by atoms with van der Waals surface area (Å²) in [6.07, 6.45) is 0. The number of amides is 2. The monoisotopic (exact) mass is 245 g/mol. The molecule has 0 spiro atoms. The van der Waals surface area contributed by atoms with E-state index in [0.29, 0.717) is 0 Å². The van der Waals surface area contributed by atoms with Gasteiger partial charge in [0.25, 0.3) is 5.91 Å². The summed E-state index contributed by atoms with van der Waals surface area (Å²) in [5.74, 6) is -0.930. The Labute approximate surface area is 95.0 Å². The average molecular weight is 245 g/mol. The Morgan fingerprint density at radius 3 is 2.75 bits per heavy atom. The number of carbonyl (C=O) groups excluding carboxylic acids is 2. The van der Waals surface area contributed by atoms with Crippen LogP contribution in [0.4, 0.5) is 5.13 Å². The van der Waals surface area contributed by atoms with Gasteiger partial charge in [-0.2, -0.15) is 0 Å². The van der Waals surface area contributed by atoms with E-state index in [1.165, 1.54) is 0 Å². The van der Waals surface area contributed by atoms with Gasteiger partial charge in [0.1, 0.15) is 6.61 Å². The second-order valence-corrected chi connectivity index (χ2v) is 3.73. The van der Waals surface area contributed by atoms with E-state index in [-0.39, 0.29) is 35.8 Å². The molecule has 0 fully saturated rings. The largest absolute Gasteiger partial charge is 0.374 e. The number of carbonyl (C=O) groups is 2. The summed E-state index contributed by atoms with van der Waals surface area (Å²) >= 11 is 0.993. The van der Waals surface area contributed by atoms with Crippen LogP contribution in [0.3, 0.4) is 0 Å². The second kappa shape index (κ2) is 5.98. The quantitative estimate of drug-likeness (QED) is 0.514. The van der Waals surface area contributed by atoms with E-state index in [1.54, 1.807) is 0 Å². The summed E-state index contributed by atoms with van der Waals surface area (Å²) < 4.78 is 4.84. The maximum absolute atomic E-state index is 11.3. The van der Waals surface area contributed by atoms with Crippen molar-refractivity contribution in [1.82, 2.24) is 15.5 Å². The molecule has 1 aromatic heterocycles. The van der Waals surface area contributed by atoms with Crippen LogP contribution >= 0.6 is 11.3 Å². The first kappa shape index (κ1) is 12.3. The van der Waals surface area contributed by atoms with Crippen LogP contribution in [-0.2, 0) is 9.53 Å². The van der Waals surface area contributed by atoms with Crippen LogP contribution < -0.4 is 16.8 Å². The minimum Gasteiger partial charge on any atom is -0.374 e. The smallest absolute Gasteiger partial charge is 0.282 e. The Hall–Kier alpha value is -1.74. The molecule has 9 heteroatoms. The molecule has 5 N–H and O–H groups in total. The molecule has 2 amide bonds. The highest BCUT2D eigenvalue weighted by atomic mass is 32.1. The third kappa shape index (κ3) is 4.19. The molecular weight excluding hydrogens is 234 g/mol. The lowest BCUT2D eigenvalue weighted by Crippen LogP contribution is -2.28. The normalized spacial score (nSPS) is 10.0. The van der Waals surface area contributed by atoms with Crippen molar-refractivity contribution in [2.24, 2.45) is 5.73 Å². The maximum Gasteiger partial charge on any atom is 0.282 e. The van der Waals surface area contributed by atoms with E-state index in [0.717, 1.165) is 11.3 Å². The highest BCUT2D eigenvalue weighted by molar-refractivity contribution is 7.16. The van der Waals surface area contributed by atoms with Gasteiger partial charge in [-0.25, -0.2) is 0 Å². The summed E-state index contributed by atoms with van der Waals surface area (Å²) in [5.41, 5.74) is 10.2. The Morgan fingerprint density at radius 2 is 2.19 bits per heavy atom. The van der Waals surface area contributed by atoms with Gasteiger partial charge in [0.2, 0.25) is 16.0 Å². The Bertz CT molecular complexity index is 380. The molecule has 88 valence electrons. The summed E-state index contributed by atoms with van der Waals surface area (Å²) in [6, 6.07) is 0. The molecule has 0 aliphatic heterocycles. The fourth-order valence-electron chi connectivity index (χ4n) is 0.811. The molecule has 1 heterocycles. The first-order chi connectivity index (χ1) is 7.59. The molecule has 0 radical (unpaired) electrons. The van der Waals surface area contributed by atoms with Crippen LogP contribution in [0.15, 0.2) is 0 Å². The summed E-state index contributed by atoms with van der Waals surface area (Å²) in [4.78, 5) is 21.6. The van der Waals surface area contributed by atoms with Crippen molar-refractivity contribution in [3.05, 3.63) is 5.01 Å². The van der Waals surface area contributed by atoms with Crippen molar-refractivity contribution < 1.29 is 14.3 Å². The number of primary amides is 1. The predicted molar refractivity (Wildman–Crippen MR) is 56.7 cm³/mol. The standard InChI is InChI=1S/C7H11N5O3S/c8-4(13)3-15-2-1-10-5(14)6-11-12-7(9)16-6/h1-3H2,(H2,8,13)(H2,9,12)(H,10,14). The highest BCUT2D eigenvalue weighted by Gasteiger charge is 2.10. The molecule has 0 saturated carbocycles. The van der Waals surface area contributed by atoms with Crippen LogP contribution in [0.1, 0.15) is 9.80 Å². The summed E-state index contributed by atoms with van der Waals surface area (Å²) in [6.45, 7) is 0.288. The number of nitrogens with one attached hydrogen (secondary N) is 1. The van der Waals surface area contributed by atoms with E-state index in [2.05, 4.69) is 15.5 Å². The molecular formula is C7H11N5O3S. The van der Waals surface area contributed by atoms with E-state index in [9.17, 15) is 9.59 Å². The molecule has 8 nitrogen and oxygen atoms in total. The molecule has 0 aliphatic carbocycles. The lowest BCUT2D eigenvalue weighted by molar-refractivity contribution is -0.122. The Kier molecular flexibility index (Phi) is 4.61. The first-order valence-corrected chi connectivity index (χ1v) is 5.14. The Balaban J connectivity index is 2.18. The zero-order valence-corrected chi connectivity index (χ0v) is 9.12. The number of nitrogens with zero attached hydrogens (tertiary/aromatic N) is 2. The number of ether oxygens (including phenoxy) is 1. The van der Waals surface area contributed by atoms with Gasteiger partial charge in [-0.3, -0.25) is 9.59 Å². The number of nitrogen functional groups attached to an aromatic ring is 1. The number of anilines is 1. The fourth-order valence-corrected chi connectivity index (χ4v) is 1.34. The van der Waals surface area contributed by atoms with Crippen LogP contribution in [-0.4, -0.2) is 41.8 Å². The van der Waals surface area contributed by atoms with Gasteiger partial charge >= 0.3 is 0 Å².